The Balaban J connectivity index is 1.71. The molecule has 0 spiro atoms. The molecule has 1 aliphatic heterocycles. The molecular weight excluding hydrogens is 222 g/mol. The molecule has 3 heteroatoms. The summed E-state index contributed by atoms with van der Waals surface area (Å²) in [6, 6.07) is 0.594. The van der Waals surface area contributed by atoms with Gasteiger partial charge in [-0.1, -0.05) is 12.8 Å². The first-order valence-corrected chi connectivity index (χ1v) is 7.17. The number of nitrogens with zero attached hydrogens (tertiary/aromatic N) is 1. The van der Waals surface area contributed by atoms with E-state index >= 15 is 0 Å². The van der Waals surface area contributed by atoms with E-state index in [1.54, 1.807) is 0 Å². The molecule has 1 saturated heterocycles. The lowest BCUT2D eigenvalue weighted by Crippen LogP contribution is -2.41. The molecule has 1 saturated carbocycles. The molecule has 0 bridgehead atoms. The van der Waals surface area contributed by atoms with Crippen molar-refractivity contribution < 1.29 is 4.74 Å². The van der Waals surface area contributed by atoms with Gasteiger partial charge in [-0.15, -0.1) is 11.6 Å². The van der Waals surface area contributed by atoms with Crippen LogP contribution in [0, 0.1) is 0 Å². The highest BCUT2D eigenvalue weighted by Crippen LogP contribution is 2.27. The summed E-state index contributed by atoms with van der Waals surface area (Å²) in [5, 5.41) is 0.364. The Hall–Kier alpha value is 0.210. The van der Waals surface area contributed by atoms with Crippen LogP contribution in [0.15, 0.2) is 0 Å². The molecular formula is C13H24ClNO. The van der Waals surface area contributed by atoms with Crippen molar-refractivity contribution in [2.75, 3.05) is 20.2 Å². The molecule has 0 amide bonds. The Morgan fingerprint density at radius 2 is 2.00 bits per heavy atom. The van der Waals surface area contributed by atoms with Gasteiger partial charge < -0.3 is 9.64 Å². The van der Waals surface area contributed by atoms with Crippen molar-refractivity contribution in [1.82, 2.24) is 4.90 Å². The molecule has 3 unspecified atom stereocenters. The lowest BCUT2D eigenvalue weighted by atomic mass is 9.93. The van der Waals surface area contributed by atoms with Crippen molar-refractivity contribution >= 4 is 11.6 Å². The average Bonchev–Trinajstić information content (AvgIpc) is 2.79. The van der Waals surface area contributed by atoms with Crippen LogP contribution in [-0.4, -0.2) is 42.6 Å². The van der Waals surface area contributed by atoms with E-state index in [2.05, 4.69) is 11.9 Å². The van der Waals surface area contributed by atoms with Crippen molar-refractivity contribution in [2.24, 2.45) is 0 Å². The van der Waals surface area contributed by atoms with Gasteiger partial charge >= 0.3 is 0 Å². The van der Waals surface area contributed by atoms with E-state index in [-0.39, 0.29) is 0 Å². The van der Waals surface area contributed by atoms with Crippen LogP contribution in [0.25, 0.3) is 0 Å². The van der Waals surface area contributed by atoms with Crippen molar-refractivity contribution in [2.45, 2.75) is 62.5 Å². The molecule has 0 aromatic rings. The second-order valence-corrected chi connectivity index (χ2v) is 5.83. The molecule has 2 fully saturated rings. The highest BCUT2D eigenvalue weighted by Gasteiger charge is 2.27. The Morgan fingerprint density at radius 3 is 2.69 bits per heavy atom. The van der Waals surface area contributed by atoms with Crippen LogP contribution >= 0.6 is 11.6 Å². The van der Waals surface area contributed by atoms with Crippen LogP contribution in [0.5, 0.6) is 0 Å². The maximum Gasteiger partial charge on any atom is 0.0588 e. The lowest BCUT2D eigenvalue weighted by molar-refractivity contribution is 0.0863. The smallest absolute Gasteiger partial charge is 0.0588 e. The normalized spacial score (nSPS) is 35.8. The molecule has 2 nitrogen and oxygen atoms in total. The summed E-state index contributed by atoms with van der Waals surface area (Å²) < 4.78 is 5.66. The van der Waals surface area contributed by atoms with Gasteiger partial charge in [0.1, 0.15) is 0 Å². The van der Waals surface area contributed by atoms with Gasteiger partial charge in [-0.05, 0) is 39.2 Å². The van der Waals surface area contributed by atoms with E-state index in [4.69, 9.17) is 16.3 Å². The van der Waals surface area contributed by atoms with Gasteiger partial charge in [0.25, 0.3) is 0 Å². The Morgan fingerprint density at radius 1 is 1.19 bits per heavy atom. The van der Waals surface area contributed by atoms with Crippen LogP contribution in [-0.2, 0) is 4.74 Å². The fraction of sp³-hybridized carbons (Fsp3) is 1.00. The number of halogens is 1. The van der Waals surface area contributed by atoms with Gasteiger partial charge in [-0.2, -0.15) is 0 Å². The van der Waals surface area contributed by atoms with E-state index in [9.17, 15) is 0 Å². The summed E-state index contributed by atoms with van der Waals surface area (Å²) in [5.41, 5.74) is 0. The van der Waals surface area contributed by atoms with Crippen LogP contribution in [0.2, 0.25) is 0 Å². The monoisotopic (exact) mass is 245 g/mol. The van der Waals surface area contributed by atoms with Gasteiger partial charge in [-0.3, -0.25) is 0 Å². The summed E-state index contributed by atoms with van der Waals surface area (Å²) in [4.78, 5) is 2.46. The minimum Gasteiger partial charge on any atom is -0.378 e. The standard InChI is InChI=1S/C13H24ClNO/c1-15(9-8-11-5-4-10-16-11)13-7-3-2-6-12(13)14/h11-13H,2-10H2,1H3. The van der Waals surface area contributed by atoms with E-state index in [0.717, 1.165) is 13.2 Å². The highest BCUT2D eigenvalue weighted by atomic mass is 35.5. The zero-order valence-electron chi connectivity index (χ0n) is 10.3. The van der Waals surface area contributed by atoms with Crippen LogP contribution in [0.4, 0.5) is 0 Å². The van der Waals surface area contributed by atoms with Gasteiger partial charge in [0.2, 0.25) is 0 Å². The number of hydrogen-bond donors (Lipinski definition) is 0. The predicted molar refractivity (Wildman–Crippen MR) is 68.1 cm³/mol. The molecule has 3 atom stereocenters. The van der Waals surface area contributed by atoms with Gasteiger partial charge in [0.05, 0.1) is 6.10 Å². The molecule has 1 aliphatic carbocycles. The van der Waals surface area contributed by atoms with Gasteiger partial charge in [0, 0.05) is 24.6 Å². The summed E-state index contributed by atoms with van der Waals surface area (Å²) >= 11 is 6.40. The number of ether oxygens (including phenoxy) is 1. The topological polar surface area (TPSA) is 12.5 Å². The van der Waals surface area contributed by atoms with Gasteiger partial charge in [0.15, 0.2) is 0 Å². The van der Waals surface area contributed by atoms with Crippen molar-refractivity contribution in [1.29, 1.82) is 0 Å². The molecule has 2 aliphatic rings. The van der Waals surface area contributed by atoms with E-state index < -0.39 is 0 Å². The van der Waals surface area contributed by atoms with Gasteiger partial charge in [-0.25, -0.2) is 0 Å². The average molecular weight is 246 g/mol. The second-order valence-electron chi connectivity index (χ2n) is 5.27. The maximum atomic E-state index is 6.40. The molecule has 94 valence electrons. The van der Waals surface area contributed by atoms with Crippen LogP contribution in [0.3, 0.4) is 0 Å². The SMILES string of the molecule is CN(CCC1CCCO1)C1CCCCC1Cl. The zero-order valence-corrected chi connectivity index (χ0v) is 11.1. The molecule has 16 heavy (non-hydrogen) atoms. The Labute approximate surface area is 104 Å². The molecule has 0 aromatic carbocycles. The quantitative estimate of drug-likeness (QED) is 0.706. The number of alkyl halides is 1. The third-order valence-electron chi connectivity index (χ3n) is 4.04. The van der Waals surface area contributed by atoms with Crippen LogP contribution in [0.1, 0.15) is 44.9 Å². The van der Waals surface area contributed by atoms with Crippen molar-refractivity contribution in [3.63, 3.8) is 0 Å². The Bertz CT molecular complexity index is 206. The first kappa shape index (κ1) is 12.7. The maximum absolute atomic E-state index is 6.40. The van der Waals surface area contributed by atoms with E-state index in [1.807, 2.05) is 0 Å². The molecule has 0 N–H and O–H groups in total. The summed E-state index contributed by atoms with van der Waals surface area (Å²) in [7, 11) is 2.22. The van der Waals surface area contributed by atoms with Crippen molar-refractivity contribution in [3.8, 4) is 0 Å². The fourth-order valence-corrected chi connectivity index (χ4v) is 3.42. The first-order valence-electron chi connectivity index (χ1n) is 6.73. The van der Waals surface area contributed by atoms with Crippen LogP contribution < -0.4 is 0 Å². The molecule has 2 rings (SSSR count). The van der Waals surface area contributed by atoms with Crippen molar-refractivity contribution in [3.05, 3.63) is 0 Å². The number of rotatable bonds is 4. The minimum atomic E-state index is 0.364. The zero-order chi connectivity index (χ0) is 11.4. The predicted octanol–water partition coefficient (Wildman–Crippen LogP) is 3.04. The van der Waals surface area contributed by atoms with E-state index in [0.29, 0.717) is 17.5 Å². The fourth-order valence-electron chi connectivity index (χ4n) is 2.95. The summed E-state index contributed by atoms with van der Waals surface area (Å²) in [6.07, 6.45) is 9.31. The van der Waals surface area contributed by atoms with E-state index in [1.165, 1.54) is 44.9 Å². The second kappa shape index (κ2) is 6.23. The molecule has 1 heterocycles. The molecule has 0 aromatic heterocycles. The molecule has 0 radical (unpaired) electrons. The Kier molecular flexibility index (Phi) is 4.93. The first-order chi connectivity index (χ1) is 7.77. The minimum absolute atomic E-state index is 0.364. The highest BCUT2D eigenvalue weighted by molar-refractivity contribution is 6.21. The number of hydrogen-bond acceptors (Lipinski definition) is 2. The largest absolute Gasteiger partial charge is 0.378 e. The lowest BCUT2D eigenvalue weighted by Gasteiger charge is -2.35. The summed E-state index contributed by atoms with van der Waals surface area (Å²) in [6.45, 7) is 2.11. The third-order valence-corrected chi connectivity index (χ3v) is 4.55. The third kappa shape index (κ3) is 3.35. The summed E-state index contributed by atoms with van der Waals surface area (Å²) in [5.74, 6) is 0.